The Labute approximate surface area is 184 Å². The number of allylic oxidation sites excluding steroid dienone is 2. The first kappa shape index (κ1) is 22.6. The minimum atomic E-state index is 0. The molecular formula is C24H29BrN4. The molecule has 1 heterocycles. The lowest BCUT2D eigenvalue weighted by molar-refractivity contribution is 0.918. The second kappa shape index (κ2) is 10.8. The largest absolute Gasteiger partial charge is 0.353 e. The number of benzene rings is 2. The van der Waals surface area contributed by atoms with E-state index < -0.39 is 0 Å². The fourth-order valence-electron chi connectivity index (χ4n) is 2.95. The molecule has 0 radical (unpaired) electrons. The van der Waals surface area contributed by atoms with Crippen LogP contribution in [0.25, 0.3) is 12.2 Å². The van der Waals surface area contributed by atoms with Gasteiger partial charge in [0.15, 0.2) is 0 Å². The molecule has 5 heteroatoms. The van der Waals surface area contributed by atoms with Crippen LogP contribution in [0.3, 0.4) is 0 Å². The molecule has 0 saturated carbocycles. The highest BCUT2D eigenvalue weighted by atomic mass is 79.9. The summed E-state index contributed by atoms with van der Waals surface area (Å²) < 4.78 is 0. The van der Waals surface area contributed by atoms with Gasteiger partial charge in [0.05, 0.1) is 12.3 Å². The maximum absolute atomic E-state index is 4.54. The van der Waals surface area contributed by atoms with E-state index in [4.69, 9.17) is 0 Å². The van der Waals surface area contributed by atoms with Crippen molar-refractivity contribution in [2.75, 3.05) is 13.1 Å². The van der Waals surface area contributed by atoms with Crippen LogP contribution < -0.4 is 10.7 Å². The van der Waals surface area contributed by atoms with Crippen LogP contribution in [-0.2, 0) is 0 Å². The summed E-state index contributed by atoms with van der Waals surface area (Å²) in [7, 11) is 0. The first-order chi connectivity index (χ1) is 13.5. The number of hydrazone groups is 1. The lowest BCUT2D eigenvalue weighted by atomic mass is 10.0. The Hall–Kier alpha value is -2.66. The third kappa shape index (κ3) is 6.71. The van der Waals surface area contributed by atoms with Crippen molar-refractivity contribution in [1.82, 2.24) is 10.7 Å². The van der Waals surface area contributed by atoms with Crippen molar-refractivity contribution >= 4 is 40.8 Å². The van der Waals surface area contributed by atoms with Crippen LogP contribution >= 0.6 is 17.0 Å². The molecule has 4 nitrogen and oxygen atoms in total. The van der Waals surface area contributed by atoms with E-state index in [2.05, 4.69) is 97.1 Å². The van der Waals surface area contributed by atoms with E-state index in [1.807, 2.05) is 12.2 Å². The van der Waals surface area contributed by atoms with Gasteiger partial charge in [-0.05, 0) is 62.1 Å². The predicted octanol–water partition coefficient (Wildman–Crippen LogP) is 5.13. The molecule has 0 aliphatic carbocycles. The Kier molecular flexibility index (Phi) is 8.40. The van der Waals surface area contributed by atoms with E-state index in [0.717, 1.165) is 24.8 Å². The highest BCUT2D eigenvalue weighted by molar-refractivity contribution is 8.93. The number of nitrogens with zero attached hydrogens (tertiary/aromatic N) is 2. The zero-order valence-electron chi connectivity index (χ0n) is 17.5. The Bertz CT molecular complexity index is 907. The van der Waals surface area contributed by atoms with E-state index in [0.29, 0.717) is 0 Å². The summed E-state index contributed by atoms with van der Waals surface area (Å²) in [5.74, 6) is 0.720. The Morgan fingerprint density at radius 1 is 0.931 bits per heavy atom. The predicted molar refractivity (Wildman–Crippen MR) is 131 cm³/mol. The standard InChI is InChI=1S/C24H28N4.BrH/c1-17-5-7-19(3)21(15-17)9-11-23(27-28-24-25-13-14-26-24)12-10-22-16-18(2)6-8-20(22)4;/h5-12,15-16H,13-14H2,1-4H3,(H2,25,26,28);1H. The Morgan fingerprint density at radius 3 is 1.97 bits per heavy atom. The minimum Gasteiger partial charge on any atom is -0.353 e. The van der Waals surface area contributed by atoms with Crippen molar-refractivity contribution in [1.29, 1.82) is 0 Å². The number of halogens is 1. The van der Waals surface area contributed by atoms with Crippen molar-refractivity contribution in [3.63, 3.8) is 0 Å². The second-order valence-electron chi connectivity index (χ2n) is 7.19. The molecule has 152 valence electrons. The van der Waals surface area contributed by atoms with Crippen LogP contribution in [0.1, 0.15) is 33.4 Å². The SMILES string of the molecule is Br.Cc1ccc(C)c(C=CC(C=Cc2cc(C)ccc2C)=NNC2=NCCN2)c1. The summed E-state index contributed by atoms with van der Waals surface area (Å²) in [6.45, 7) is 10.1. The molecule has 0 spiro atoms. The molecule has 1 aliphatic rings. The molecule has 0 saturated heterocycles. The minimum absolute atomic E-state index is 0. The highest BCUT2D eigenvalue weighted by Crippen LogP contribution is 2.14. The first-order valence-corrected chi connectivity index (χ1v) is 9.64. The summed E-state index contributed by atoms with van der Waals surface area (Å²) in [6.07, 6.45) is 8.29. The van der Waals surface area contributed by atoms with Gasteiger partial charge in [-0.15, -0.1) is 17.0 Å². The van der Waals surface area contributed by atoms with Gasteiger partial charge in [-0.3, -0.25) is 0 Å². The zero-order chi connectivity index (χ0) is 19.9. The van der Waals surface area contributed by atoms with Gasteiger partial charge in [-0.1, -0.05) is 59.7 Å². The quantitative estimate of drug-likeness (QED) is 0.487. The van der Waals surface area contributed by atoms with Gasteiger partial charge in [-0.25, -0.2) is 10.4 Å². The van der Waals surface area contributed by atoms with E-state index in [1.54, 1.807) is 0 Å². The molecule has 29 heavy (non-hydrogen) atoms. The van der Waals surface area contributed by atoms with Crippen molar-refractivity contribution < 1.29 is 0 Å². The van der Waals surface area contributed by atoms with Crippen molar-refractivity contribution in [3.05, 3.63) is 81.9 Å². The third-order valence-electron chi connectivity index (χ3n) is 4.70. The molecule has 0 unspecified atom stereocenters. The summed E-state index contributed by atoms with van der Waals surface area (Å²) >= 11 is 0. The second-order valence-corrected chi connectivity index (χ2v) is 7.19. The van der Waals surface area contributed by atoms with Gasteiger partial charge in [0.25, 0.3) is 0 Å². The van der Waals surface area contributed by atoms with Gasteiger partial charge < -0.3 is 5.32 Å². The molecule has 0 bridgehead atoms. The molecule has 2 aromatic carbocycles. The van der Waals surface area contributed by atoms with Crippen LogP contribution in [0.5, 0.6) is 0 Å². The third-order valence-corrected chi connectivity index (χ3v) is 4.70. The van der Waals surface area contributed by atoms with Gasteiger partial charge in [-0.2, -0.15) is 5.10 Å². The Balaban J connectivity index is 0.00000300. The fourth-order valence-corrected chi connectivity index (χ4v) is 2.95. The number of aryl methyl sites for hydroxylation is 4. The van der Waals surface area contributed by atoms with Gasteiger partial charge in [0.1, 0.15) is 0 Å². The molecule has 0 amide bonds. The van der Waals surface area contributed by atoms with E-state index in [9.17, 15) is 0 Å². The number of nitrogens with one attached hydrogen (secondary N) is 2. The molecular weight excluding hydrogens is 424 g/mol. The van der Waals surface area contributed by atoms with Gasteiger partial charge >= 0.3 is 0 Å². The van der Waals surface area contributed by atoms with Crippen molar-refractivity contribution in [2.24, 2.45) is 10.1 Å². The topological polar surface area (TPSA) is 48.8 Å². The normalized spacial score (nSPS) is 13.2. The van der Waals surface area contributed by atoms with Crippen molar-refractivity contribution in [3.8, 4) is 0 Å². The van der Waals surface area contributed by atoms with E-state index >= 15 is 0 Å². The average molecular weight is 453 g/mol. The van der Waals surface area contributed by atoms with Gasteiger partial charge in [0, 0.05) is 6.54 Å². The smallest absolute Gasteiger partial charge is 0.212 e. The number of guanidine groups is 1. The van der Waals surface area contributed by atoms with Crippen LogP contribution in [-0.4, -0.2) is 24.8 Å². The fraction of sp³-hybridized carbons (Fsp3) is 0.250. The molecule has 1 aliphatic heterocycles. The summed E-state index contributed by atoms with van der Waals surface area (Å²) in [4.78, 5) is 4.33. The average Bonchev–Trinajstić information content (AvgIpc) is 3.19. The lowest BCUT2D eigenvalue weighted by Crippen LogP contribution is -2.30. The monoisotopic (exact) mass is 452 g/mol. The van der Waals surface area contributed by atoms with Crippen LogP contribution in [0, 0.1) is 27.7 Å². The molecule has 3 rings (SSSR count). The molecule has 0 aromatic heterocycles. The number of rotatable bonds is 5. The summed E-state index contributed by atoms with van der Waals surface area (Å²) in [5.41, 5.74) is 11.2. The lowest BCUT2D eigenvalue weighted by Gasteiger charge is -2.04. The molecule has 0 atom stereocenters. The van der Waals surface area contributed by atoms with E-state index in [-0.39, 0.29) is 17.0 Å². The molecule has 2 N–H and O–H groups in total. The first-order valence-electron chi connectivity index (χ1n) is 9.64. The number of hydrogen-bond donors (Lipinski definition) is 2. The maximum atomic E-state index is 4.54. The number of aliphatic imine (C=N–C) groups is 1. The van der Waals surface area contributed by atoms with Gasteiger partial charge in [0.2, 0.25) is 5.96 Å². The van der Waals surface area contributed by atoms with Crippen LogP contribution in [0.2, 0.25) is 0 Å². The summed E-state index contributed by atoms with van der Waals surface area (Å²) in [5, 5.41) is 7.72. The van der Waals surface area contributed by atoms with Crippen LogP contribution in [0.4, 0.5) is 0 Å². The van der Waals surface area contributed by atoms with Crippen LogP contribution in [0.15, 0.2) is 58.6 Å². The van der Waals surface area contributed by atoms with Crippen molar-refractivity contribution in [2.45, 2.75) is 27.7 Å². The number of hydrogen-bond acceptors (Lipinski definition) is 4. The van der Waals surface area contributed by atoms with E-state index in [1.165, 1.54) is 33.4 Å². The maximum Gasteiger partial charge on any atom is 0.212 e. The Morgan fingerprint density at radius 2 is 1.48 bits per heavy atom. The zero-order valence-corrected chi connectivity index (χ0v) is 19.2. The molecule has 2 aromatic rings. The molecule has 0 fully saturated rings. The highest BCUT2D eigenvalue weighted by Gasteiger charge is 2.03. The summed E-state index contributed by atoms with van der Waals surface area (Å²) in [6, 6.07) is 12.9.